The number of ether oxygens (including phenoxy) is 2. The summed E-state index contributed by atoms with van der Waals surface area (Å²) in [6.07, 6.45) is 0.188. The first-order valence-electron chi connectivity index (χ1n) is 5.67. The lowest BCUT2D eigenvalue weighted by Crippen LogP contribution is -2.08. The van der Waals surface area contributed by atoms with Gasteiger partial charge in [0.1, 0.15) is 11.3 Å². The number of nitro groups is 1. The molecule has 1 aromatic rings. The van der Waals surface area contributed by atoms with Crippen molar-refractivity contribution in [2.75, 3.05) is 13.7 Å². The number of methoxy groups -OCH3 is 1. The second kappa shape index (κ2) is 7.07. The maximum Gasteiger partial charge on any atom is 0.341 e. The zero-order chi connectivity index (χ0) is 15.1. The molecule has 0 heterocycles. The molecular formula is C12H13NO7. The summed E-state index contributed by atoms with van der Waals surface area (Å²) in [5, 5.41) is 19.1. The van der Waals surface area contributed by atoms with E-state index >= 15 is 0 Å². The fourth-order valence-electron chi connectivity index (χ4n) is 1.43. The van der Waals surface area contributed by atoms with Crippen LogP contribution in [-0.2, 0) is 9.53 Å². The Labute approximate surface area is 114 Å². The molecule has 0 saturated carbocycles. The van der Waals surface area contributed by atoms with Gasteiger partial charge in [-0.15, -0.1) is 0 Å². The van der Waals surface area contributed by atoms with Crippen LogP contribution in [0.5, 0.6) is 5.75 Å². The third-order valence-electron chi connectivity index (χ3n) is 2.37. The van der Waals surface area contributed by atoms with Crippen LogP contribution in [0.2, 0.25) is 0 Å². The molecule has 0 aromatic heterocycles. The van der Waals surface area contributed by atoms with E-state index in [2.05, 4.69) is 4.74 Å². The van der Waals surface area contributed by atoms with Crippen LogP contribution in [0.4, 0.5) is 5.69 Å². The third kappa shape index (κ3) is 4.23. The number of carbonyl (C=O) groups is 2. The molecule has 8 nitrogen and oxygen atoms in total. The van der Waals surface area contributed by atoms with Gasteiger partial charge in [-0.05, 0) is 12.5 Å². The minimum absolute atomic E-state index is 0.0689. The normalized spacial score (nSPS) is 9.85. The first-order chi connectivity index (χ1) is 9.45. The zero-order valence-electron chi connectivity index (χ0n) is 10.7. The van der Waals surface area contributed by atoms with Gasteiger partial charge in [0.25, 0.3) is 5.69 Å². The molecule has 20 heavy (non-hydrogen) atoms. The van der Waals surface area contributed by atoms with Crippen LogP contribution in [-0.4, -0.2) is 35.7 Å². The van der Waals surface area contributed by atoms with E-state index in [4.69, 9.17) is 9.84 Å². The Morgan fingerprint density at radius 2 is 2.10 bits per heavy atom. The lowest BCUT2D eigenvalue weighted by Gasteiger charge is -2.09. The highest BCUT2D eigenvalue weighted by Crippen LogP contribution is 2.25. The molecule has 0 aliphatic rings. The first kappa shape index (κ1) is 15.4. The maximum atomic E-state index is 11.5. The Hall–Kier alpha value is -2.64. The van der Waals surface area contributed by atoms with Gasteiger partial charge in [-0.3, -0.25) is 14.9 Å². The van der Waals surface area contributed by atoms with Crippen LogP contribution in [0, 0.1) is 10.1 Å². The second-order valence-electron chi connectivity index (χ2n) is 3.77. The standard InChI is InChI=1S/C12H13NO7/c1-19-12(16)9-7-8(13(17)18)4-5-10(9)20-6-2-3-11(14)15/h4-5,7H,2-3,6H2,1H3,(H,14,15). The van der Waals surface area contributed by atoms with Crippen molar-refractivity contribution in [2.45, 2.75) is 12.8 Å². The molecule has 108 valence electrons. The largest absolute Gasteiger partial charge is 0.493 e. The van der Waals surface area contributed by atoms with Crippen molar-refractivity contribution < 1.29 is 29.1 Å². The smallest absolute Gasteiger partial charge is 0.341 e. The van der Waals surface area contributed by atoms with Gasteiger partial charge < -0.3 is 14.6 Å². The summed E-state index contributed by atoms with van der Waals surface area (Å²) in [6.45, 7) is 0.0775. The van der Waals surface area contributed by atoms with Gasteiger partial charge in [0.2, 0.25) is 0 Å². The van der Waals surface area contributed by atoms with E-state index in [-0.39, 0.29) is 36.4 Å². The number of hydrogen-bond donors (Lipinski definition) is 1. The van der Waals surface area contributed by atoms with E-state index in [0.29, 0.717) is 0 Å². The summed E-state index contributed by atoms with van der Waals surface area (Å²) in [7, 11) is 1.15. The molecule has 0 fully saturated rings. The van der Waals surface area contributed by atoms with Crippen molar-refractivity contribution >= 4 is 17.6 Å². The number of hydrogen-bond acceptors (Lipinski definition) is 6. The number of nitrogens with zero attached hydrogens (tertiary/aromatic N) is 1. The Morgan fingerprint density at radius 3 is 2.65 bits per heavy atom. The van der Waals surface area contributed by atoms with Crippen molar-refractivity contribution in [3.63, 3.8) is 0 Å². The topological polar surface area (TPSA) is 116 Å². The lowest BCUT2D eigenvalue weighted by molar-refractivity contribution is -0.384. The number of aliphatic carboxylic acids is 1. The Morgan fingerprint density at radius 1 is 1.40 bits per heavy atom. The van der Waals surface area contributed by atoms with Gasteiger partial charge in [0, 0.05) is 18.6 Å². The number of carboxylic acid groups (broad SMARTS) is 1. The molecule has 0 radical (unpaired) electrons. The van der Waals surface area contributed by atoms with Gasteiger partial charge in [-0.25, -0.2) is 4.79 Å². The van der Waals surface area contributed by atoms with E-state index in [9.17, 15) is 19.7 Å². The van der Waals surface area contributed by atoms with Crippen molar-refractivity contribution in [1.82, 2.24) is 0 Å². The van der Waals surface area contributed by atoms with Gasteiger partial charge in [0.05, 0.1) is 18.6 Å². The van der Waals surface area contributed by atoms with Gasteiger partial charge in [-0.1, -0.05) is 0 Å². The summed E-state index contributed by atoms with van der Waals surface area (Å²) in [4.78, 5) is 31.9. The van der Waals surface area contributed by atoms with Crippen LogP contribution in [0.15, 0.2) is 18.2 Å². The summed E-state index contributed by atoms with van der Waals surface area (Å²) in [5.74, 6) is -1.60. The fraction of sp³-hybridized carbons (Fsp3) is 0.333. The molecule has 0 aliphatic heterocycles. The van der Waals surface area contributed by atoms with Crippen LogP contribution >= 0.6 is 0 Å². The number of rotatable bonds is 7. The molecule has 0 amide bonds. The predicted octanol–water partition coefficient (Wildman–Crippen LogP) is 1.62. The number of carbonyl (C=O) groups excluding carboxylic acids is 1. The summed E-state index contributed by atoms with van der Waals surface area (Å²) < 4.78 is 9.78. The average molecular weight is 283 g/mol. The van der Waals surface area contributed by atoms with E-state index in [1.807, 2.05) is 0 Å². The second-order valence-corrected chi connectivity index (χ2v) is 3.77. The Bertz CT molecular complexity index is 527. The molecule has 0 atom stereocenters. The van der Waals surface area contributed by atoms with E-state index in [1.54, 1.807) is 0 Å². The average Bonchev–Trinajstić information content (AvgIpc) is 2.42. The van der Waals surface area contributed by atoms with Gasteiger partial charge in [0.15, 0.2) is 0 Å². The molecule has 1 N–H and O–H groups in total. The molecule has 1 aromatic carbocycles. The predicted molar refractivity (Wildman–Crippen MR) is 66.8 cm³/mol. The summed E-state index contributed by atoms with van der Waals surface area (Å²) in [5.41, 5.74) is -0.333. The summed E-state index contributed by atoms with van der Waals surface area (Å²) >= 11 is 0. The van der Waals surface area contributed by atoms with E-state index in [1.165, 1.54) is 12.1 Å². The Balaban J connectivity index is 2.86. The van der Waals surface area contributed by atoms with Crippen molar-refractivity contribution in [1.29, 1.82) is 0 Å². The highest BCUT2D eigenvalue weighted by atomic mass is 16.6. The fourth-order valence-corrected chi connectivity index (χ4v) is 1.43. The van der Waals surface area contributed by atoms with Crippen LogP contribution in [0.25, 0.3) is 0 Å². The number of non-ortho nitro benzene ring substituents is 1. The van der Waals surface area contributed by atoms with Crippen molar-refractivity contribution in [3.8, 4) is 5.75 Å². The molecule has 0 saturated heterocycles. The SMILES string of the molecule is COC(=O)c1cc([N+](=O)[O-])ccc1OCCCC(=O)O. The molecule has 0 unspecified atom stereocenters. The highest BCUT2D eigenvalue weighted by Gasteiger charge is 2.18. The minimum Gasteiger partial charge on any atom is -0.493 e. The first-order valence-corrected chi connectivity index (χ1v) is 5.67. The van der Waals surface area contributed by atoms with Crippen LogP contribution < -0.4 is 4.74 Å². The monoisotopic (exact) mass is 283 g/mol. The van der Waals surface area contributed by atoms with Crippen LogP contribution in [0.1, 0.15) is 23.2 Å². The highest BCUT2D eigenvalue weighted by molar-refractivity contribution is 5.93. The molecule has 0 bridgehead atoms. The number of carboxylic acids is 1. The molecule has 1 rings (SSSR count). The molecule has 8 heteroatoms. The quantitative estimate of drug-likeness (QED) is 0.350. The van der Waals surface area contributed by atoms with Crippen LogP contribution in [0.3, 0.4) is 0 Å². The van der Waals surface area contributed by atoms with Gasteiger partial charge in [-0.2, -0.15) is 0 Å². The molecular weight excluding hydrogens is 270 g/mol. The van der Waals surface area contributed by atoms with Gasteiger partial charge >= 0.3 is 11.9 Å². The number of esters is 1. The molecule has 0 spiro atoms. The Kier molecular flexibility index (Phi) is 5.45. The number of benzene rings is 1. The molecule has 0 aliphatic carbocycles. The summed E-state index contributed by atoms with van der Waals surface area (Å²) in [6, 6.07) is 3.53. The van der Waals surface area contributed by atoms with E-state index in [0.717, 1.165) is 13.2 Å². The zero-order valence-corrected chi connectivity index (χ0v) is 10.7. The van der Waals surface area contributed by atoms with Crippen molar-refractivity contribution in [3.05, 3.63) is 33.9 Å². The minimum atomic E-state index is -0.953. The van der Waals surface area contributed by atoms with E-state index < -0.39 is 16.9 Å². The lowest BCUT2D eigenvalue weighted by atomic mass is 10.2. The maximum absolute atomic E-state index is 11.5. The number of nitro benzene ring substituents is 1. The third-order valence-corrected chi connectivity index (χ3v) is 2.37. The van der Waals surface area contributed by atoms with Crippen molar-refractivity contribution in [2.24, 2.45) is 0 Å².